The Hall–Kier alpha value is -3.44. The van der Waals surface area contributed by atoms with Crippen LogP contribution in [0.15, 0.2) is 18.2 Å². The molecule has 11 nitrogen and oxygen atoms in total. The Morgan fingerprint density at radius 3 is 2.39 bits per heavy atom. The Kier molecular flexibility index (Phi) is 8.94. The zero-order chi connectivity index (χ0) is 29.1. The van der Waals surface area contributed by atoms with Crippen LogP contribution in [0.25, 0.3) is 0 Å². The second kappa shape index (κ2) is 12.6. The Balaban J connectivity index is 1.28. The molecular formula is C30H45N9O2. The monoisotopic (exact) mass is 563 g/mol. The number of primary amides is 1. The zero-order valence-corrected chi connectivity index (χ0v) is 24.9. The number of hydrogen-bond acceptors (Lipinski definition) is 9. The molecule has 1 aromatic carbocycles. The lowest BCUT2D eigenvalue weighted by Gasteiger charge is -2.43. The van der Waals surface area contributed by atoms with Gasteiger partial charge in [-0.2, -0.15) is 0 Å². The first-order valence-corrected chi connectivity index (χ1v) is 15.0. The summed E-state index contributed by atoms with van der Waals surface area (Å²) >= 11 is 0. The van der Waals surface area contributed by atoms with Crippen molar-refractivity contribution < 1.29 is 9.59 Å². The number of nitrogens with zero attached hydrogens (tertiary/aromatic N) is 6. The highest BCUT2D eigenvalue weighted by Gasteiger charge is 2.28. The predicted molar refractivity (Wildman–Crippen MR) is 163 cm³/mol. The number of benzene rings is 1. The average Bonchev–Trinajstić information content (AvgIpc) is 2.96. The van der Waals surface area contributed by atoms with E-state index < -0.39 is 5.91 Å². The maximum atomic E-state index is 12.3. The normalized spacial score (nSPS) is 21.3. The summed E-state index contributed by atoms with van der Waals surface area (Å²) in [4.78, 5) is 43.0. The summed E-state index contributed by atoms with van der Waals surface area (Å²) in [5.74, 6) is 0.470. The quantitative estimate of drug-likeness (QED) is 0.444. The van der Waals surface area contributed by atoms with Gasteiger partial charge in [0.25, 0.3) is 5.91 Å². The molecule has 5 rings (SSSR count). The van der Waals surface area contributed by atoms with Crippen LogP contribution in [0.3, 0.4) is 0 Å². The highest BCUT2D eigenvalue weighted by atomic mass is 16.2. The van der Waals surface area contributed by atoms with E-state index in [0.29, 0.717) is 42.8 Å². The van der Waals surface area contributed by atoms with Crippen molar-refractivity contribution in [3.8, 4) is 0 Å². The molecule has 0 bridgehead atoms. The molecule has 3 fully saturated rings. The first kappa shape index (κ1) is 29.1. The van der Waals surface area contributed by atoms with Crippen molar-refractivity contribution in [2.75, 3.05) is 75.4 Å². The van der Waals surface area contributed by atoms with Crippen LogP contribution < -0.4 is 21.3 Å². The minimum absolute atomic E-state index is 0.0616. The number of nitrogens with one attached hydrogen (secondary N) is 2. The summed E-state index contributed by atoms with van der Waals surface area (Å²) in [6, 6.07) is 7.02. The highest BCUT2D eigenvalue weighted by molar-refractivity contribution is 5.96. The molecule has 0 saturated carbocycles. The minimum Gasteiger partial charge on any atom is -0.371 e. The fourth-order valence-electron chi connectivity index (χ4n) is 6.30. The number of aromatic nitrogens is 2. The molecule has 222 valence electrons. The summed E-state index contributed by atoms with van der Waals surface area (Å²) in [7, 11) is 4.02. The Morgan fingerprint density at radius 1 is 1.02 bits per heavy atom. The number of rotatable bonds is 8. The number of likely N-dealkylation sites (tertiary alicyclic amines) is 1. The van der Waals surface area contributed by atoms with Crippen LogP contribution in [-0.4, -0.2) is 108 Å². The van der Waals surface area contributed by atoms with Gasteiger partial charge in [0.05, 0.1) is 5.69 Å². The number of piperidine rings is 2. The molecule has 0 spiro atoms. The molecule has 3 aliphatic rings. The second-order valence-electron chi connectivity index (χ2n) is 11.8. The highest BCUT2D eigenvalue weighted by Crippen LogP contribution is 2.30. The third-order valence-electron chi connectivity index (χ3n) is 8.82. The van der Waals surface area contributed by atoms with Crippen LogP contribution in [0, 0.1) is 6.92 Å². The van der Waals surface area contributed by atoms with Crippen LogP contribution in [0.2, 0.25) is 0 Å². The van der Waals surface area contributed by atoms with Crippen LogP contribution in [0.4, 0.5) is 23.0 Å². The van der Waals surface area contributed by atoms with Gasteiger partial charge in [-0.25, -0.2) is 9.97 Å². The van der Waals surface area contributed by atoms with Gasteiger partial charge in [-0.15, -0.1) is 0 Å². The lowest BCUT2D eigenvalue weighted by molar-refractivity contribution is -0.132. The van der Waals surface area contributed by atoms with Gasteiger partial charge in [0.1, 0.15) is 0 Å². The second-order valence-corrected chi connectivity index (χ2v) is 11.8. The van der Waals surface area contributed by atoms with E-state index in [1.54, 1.807) is 4.90 Å². The van der Waals surface area contributed by atoms with E-state index in [0.717, 1.165) is 38.3 Å². The largest absolute Gasteiger partial charge is 0.371 e. The molecular weight excluding hydrogens is 518 g/mol. The van der Waals surface area contributed by atoms with Crippen LogP contribution in [0.5, 0.6) is 0 Å². The van der Waals surface area contributed by atoms with Gasteiger partial charge in [-0.1, -0.05) is 6.92 Å². The first-order valence-electron chi connectivity index (χ1n) is 15.0. The molecule has 3 aliphatic heterocycles. The van der Waals surface area contributed by atoms with E-state index in [4.69, 9.17) is 10.7 Å². The number of hydrogen-bond donors (Lipinski definition) is 3. The smallest absolute Gasteiger partial charge is 0.271 e. The number of carbonyl (C=O) groups excluding carboxylic acids is 2. The third kappa shape index (κ3) is 6.73. The summed E-state index contributed by atoms with van der Waals surface area (Å²) in [6.07, 6.45) is 4.18. The van der Waals surface area contributed by atoms with Crippen molar-refractivity contribution in [3.63, 3.8) is 0 Å². The molecule has 4 N–H and O–H groups in total. The summed E-state index contributed by atoms with van der Waals surface area (Å²) < 4.78 is 0. The van der Waals surface area contributed by atoms with Gasteiger partial charge in [0, 0.05) is 82.7 Å². The van der Waals surface area contributed by atoms with Crippen molar-refractivity contribution >= 4 is 34.8 Å². The zero-order valence-electron chi connectivity index (χ0n) is 24.9. The lowest BCUT2D eigenvalue weighted by Crippen LogP contribution is -2.52. The molecule has 41 heavy (non-hydrogen) atoms. The number of aryl methyl sites for hydroxylation is 2. The molecule has 1 aromatic heterocycles. The number of carbonyl (C=O) groups is 2. The van der Waals surface area contributed by atoms with E-state index in [1.807, 2.05) is 20.0 Å². The Labute approximate surface area is 243 Å². The number of anilines is 4. The topological polar surface area (TPSA) is 123 Å². The van der Waals surface area contributed by atoms with E-state index in [-0.39, 0.29) is 17.6 Å². The summed E-state index contributed by atoms with van der Waals surface area (Å²) in [6.45, 7) is 11.5. The SMILES string of the molecule is CCc1nc(C(N)=O)c(Nc2ccc(N3CCC(N4CCN(C)CC4)CC3)c(C)c2)nc1NC1CCC(=O)N(C)C1. The number of amides is 2. The molecule has 2 aromatic rings. The maximum Gasteiger partial charge on any atom is 0.271 e. The van der Waals surface area contributed by atoms with Crippen molar-refractivity contribution in [1.29, 1.82) is 0 Å². The minimum atomic E-state index is -0.624. The third-order valence-corrected chi connectivity index (χ3v) is 8.82. The molecule has 11 heteroatoms. The molecule has 1 unspecified atom stereocenters. The molecule has 1 atom stereocenters. The molecule has 0 aliphatic carbocycles. The predicted octanol–water partition coefficient (Wildman–Crippen LogP) is 2.44. The van der Waals surface area contributed by atoms with Crippen molar-refractivity contribution in [2.24, 2.45) is 5.73 Å². The van der Waals surface area contributed by atoms with Crippen LogP contribution in [-0.2, 0) is 11.2 Å². The Morgan fingerprint density at radius 2 is 1.76 bits per heavy atom. The van der Waals surface area contributed by atoms with Gasteiger partial charge in [0.2, 0.25) is 5.91 Å². The number of nitrogens with two attached hydrogens (primary N) is 1. The average molecular weight is 564 g/mol. The van der Waals surface area contributed by atoms with Crippen molar-refractivity contribution in [1.82, 2.24) is 24.7 Å². The van der Waals surface area contributed by atoms with E-state index in [2.05, 4.69) is 56.4 Å². The fourth-order valence-corrected chi connectivity index (χ4v) is 6.30. The fraction of sp³-hybridized carbons (Fsp3) is 0.600. The van der Waals surface area contributed by atoms with Gasteiger partial charge in [0.15, 0.2) is 17.3 Å². The van der Waals surface area contributed by atoms with Crippen molar-refractivity contribution in [3.05, 3.63) is 35.2 Å². The lowest BCUT2D eigenvalue weighted by atomic mass is 10.0. The van der Waals surface area contributed by atoms with Crippen LogP contribution >= 0.6 is 0 Å². The molecule has 4 heterocycles. The van der Waals surface area contributed by atoms with E-state index in [1.165, 1.54) is 37.2 Å². The van der Waals surface area contributed by atoms with E-state index in [9.17, 15) is 9.59 Å². The van der Waals surface area contributed by atoms with Gasteiger partial charge >= 0.3 is 0 Å². The maximum absolute atomic E-state index is 12.3. The number of likely N-dealkylation sites (N-methyl/N-ethyl adjacent to an activating group) is 2. The van der Waals surface area contributed by atoms with Gasteiger partial charge in [-0.3, -0.25) is 14.5 Å². The number of piperazine rings is 1. The van der Waals surface area contributed by atoms with Gasteiger partial charge < -0.3 is 31.1 Å². The van der Waals surface area contributed by atoms with E-state index >= 15 is 0 Å². The molecule has 0 radical (unpaired) electrons. The molecule has 3 saturated heterocycles. The molecule has 2 amide bonds. The van der Waals surface area contributed by atoms with Crippen LogP contribution in [0.1, 0.15) is 54.4 Å². The summed E-state index contributed by atoms with van der Waals surface area (Å²) in [5, 5.41) is 6.78. The van der Waals surface area contributed by atoms with Gasteiger partial charge in [-0.05, 0) is 63.4 Å². The summed E-state index contributed by atoms with van der Waals surface area (Å²) in [5.41, 5.74) is 9.76. The van der Waals surface area contributed by atoms with Crippen molar-refractivity contribution in [2.45, 2.75) is 58.0 Å². The standard InChI is InChI=1S/C30H45N9O2/c1-5-24-29(33-22-7-9-26(40)37(4)19-22)35-30(27(34-24)28(31)41)32-21-6-8-25(20(2)18-21)39-12-10-23(11-13-39)38-16-14-36(3)15-17-38/h6,8,18,22-23H,5,7,9-17,19H2,1-4H3,(H2,31,41)(H2,32,33,35). The Bertz CT molecular complexity index is 1250. The first-order chi connectivity index (χ1) is 19.7.